The second kappa shape index (κ2) is 7.78. The highest BCUT2D eigenvalue weighted by atomic mass is 32.2. The summed E-state index contributed by atoms with van der Waals surface area (Å²) in [7, 11) is 0.262. The van der Waals surface area contributed by atoms with E-state index in [1.807, 2.05) is 12.1 Å². The highest BCUT2D eigenvalue weighted by Crippen LogP contribution is 2.38. The number of aromatic nitrogens is 1. The lowest BCUT2D eigenvalue weighted by atomic mass is 9.92. The van der Waals surface area contributed by atoms with Crippen LogP contribution in [0.15, 0.2) is 24.5 Å². The number of rotatable bonds is 5. The molecule has 0 spiro atoms. The maximum atomic E-state index is 12.8. The lowest BCUT2D eigenvalue weighted by Gasteiger charge is -2.37. The molecule has 2 atom stereocenters. The molecule has 0 amide bonds. The first-order valence-electron chi connectivity index (χ1n) is 7.25. The molecular weight excluding hydrogens is 320 g/mol. The van der Waals surface area contributed by atoms with E-state index in [0.717, 1.165) is 24.8 Å². The average Bonchev–Trinajstić information content (AvgIpc) is 2.56. The van der Waals surface area contributed by atoms with Crippen molar-refractivity contribution in [2.75, 3.05) is 19.4 Å². The Balaban J connectivity index is 2.20. The number of hydrogen-bond acceptors (Lipinski definition) is 5. The van der Waals surface area contributed by atoms with E-state index in [-0.39, 0.29) is 12.4 Å². The van der Waals surface area contributed by atoms with Crippen LogP contribution in [0.2, 0.25) is 0 Å². The topological polar surface area (TPSA) is 68.3 Å². The average molecular weight is 340 g/mol. The van der Waals surface area contributed by atoms with E-state index in [2.05, 4.69) is 15.0 Å². The number of ether oxygens (including phenoxy) is 1. The molecule has 5 nitrogen and oxygen atoms in total. The summed E-state index contributed by atoms with van der Waals surface area (Å²) in [5, 5.41) is 3.10. The molecule has 0 saturated carbocycles. The minimum absolute atomic E-state index is 0.229. The van der Waals surface area contributed by atoms with Gasteiger partial charge in [0, 0.05) is 35.5 Å². The van der Waals surface area contributed by atoms with E-state index in [0.29, 0.717) is 17.3 Å². The summed E-state index contributed by atoms with van der Waals surface area (Å²) in [6.07, 6.45) is 6.30. The van der Waals surface area contributed by atoms with Crippen molar-refractivity contribution < 1.29 is 13.7 Å². The Hall–Kier alpha value is -1.34. The number of pyridine rings is 1. The molecule has 0 unspecified atom stereocenters. The lowest BCUT2D eigenvalue weighted by molar-refractivity contribution is -0.140. The minimum Gasteiger partial charge on any atom is -0.469 e. The van der Waals surface area contributed by atoms with Gasteiger partial charge in [-0.05, 0) is 24.5 Å². The summed E-state index contributed by atoms with van der Waals surface area (Å²) in [5.74, 6) is 0.337. The quantitative estimate of drug-likeness (QED) is 0.650. The van der Waals surface area contributed by atoms with Crippen molar-refractivity contribution in [1.29, 1.82) is 0 Å². The molecule has 2 heterocycles. The van der Waals surface area contributed by atoms with Gasteiger partial charge in [0.25, 0.3) is 0 Å². The fourth-order valence-corrected chi connectivity index (χ4v) is 5.09. The molecule has 120 valence electrons. The summed E-state index contributed by atoms with van der Waals surface area (Å²) < 4.78 is 16.7. The van der Waals surface area contributed by atoms with Crippen molar-refractivity contribution in [2.24, 2.45) is 0 Å². The molecule has 1 aliphatic heterocycles. The lowest BCUT2D eigenvalue weighted by Crippen LogP contribution is -2.49. The van der Waals surface area contributed by atoms with Crippen molar-refractivity contribution in [3.8, 4) is 0 Å². The van der Waals surface area contributed by atoms with Gasteiger partial charge in [0.15, 0.2) is 0 Å². The fraction of sp³-hybridized carbons (Fsp3) is 0.533. The Morgan fingerprint density at radius 2 is 2.36 bits per heavy atom. The Labute approximate surface area is 138 Å². The summed E-state index contributed by atoms with van der Waals surface area (Å²) in [4.78, 5) is 15.9. The van der Waals surface area contributed by atoms with E-state index >= 15 is 0 Å². The highest BCUT2D eigenvalue weighted by molar-refractivity contribution is 7.90. The number of thiocarbonyl (C=S) groups is 1. The van der Waals surface area contributed by atoms with Crippen LogP contribution in [0.3, 0.4) is 0 Å². The van der Waals surface area contributed by atoms with Crippen LogP contribution in [-0.4, -0.2) is 39.6 Å². The molecule has 0 radical (unpaired) electrons. The van der Waals surface area contributed by atoms with E-state index in [4.69, 9.17) is 12.2 Å². The Kier molecular flexibility index (Phi) is 6.02. The van der Waals surface area contributed by atoms with E-state index < -0.39 is 15.5 Å². The third kappa shape index (κ3) is 3.52. The van der Waals surface area contributed by atoms with Crippen molar-refractivity contribution in [1.82, 2.24) is 10.3 Å². The summed E-state index contributed by atoms with van der Waals surface area (Å²) >= 11 is 5.55. The van der Waals surface area contributed by atoms with E-state index in [1.54, 1.807) is 12.4 Å². The number of hydrogen-bond donors (Lipinski definition) is 1. The van der Waals surface area contributed by atoms with Crippen molar-refractivity contribution in [3.63, 3.8) is 0 Å². The molecule has 22 heavy (non-hydrogen) atoms. The van der Waals surface area contributed by atoms with Gasteiger partial charge in [0.1, 0.15) is 4.75 Å². The monoisotopic (exact) mass is 340 g/mol. The van der Waals surface area contributed by atoms with Gasteiger partial charge in [-0.25, -0.2) is 0 Å². The van der Waals surface area contributed by atoms with Gasteiger partial charge >= 0.3 is 5.97 Å². The van der Waals surface area contributed by atoms with Crippen molar-refractivity contribution in [2.45, 2.75) is 30.4 Å². The SMILES string of the molecule is COC(=O)CCNC(=S)[C@]1(c2cccnc2)CCCC[S@@]1=O. The second-order valence-corrected chi connectivity index (χ2v) is 7.36. The van der Waals surface area contributed by atoms with Gasteiger partial charge in [0.05, 0.1) is 18.5 Å². The van der Waals surface area contributed by atoms with Gasteiger partial charge in [-0.15, -0.1) is 0 Å². The third-order valence-electron chi connectivity index (χ3n) is 3.83. The number of nitrogens with zero attached hydrogens (tertiary/aromatic N) is 1. The van der Waals surface area contributed by atoms with Crippen LogP contribution in [0.5, 0.6) is 0 Å². The number of nitrogens with one attached hydrogen (secondary N) is 1. The zero-order chi connectivity index (χ0) is 16.0. The molecular formula is C15H20N2O3S2. The molecule has 0 aromatic carbocycles. The first-order chi connectivity index (χ1) is 10.6. The third-order valence-corrected chi connectivity index (χ3v) is 6.54. The zero-order valence-electron chi connectivity index (χ0n) is 12.5. The largest absolute Gasteiger partial charge is 0.469 e. The molecule has 1 aliphatic rings. The Morgan fingerprint density at radius 1 is 1.55 bits per heavy atom. The highest BCUT2D eigenvalue weighted by Gasteiger charge is 2.44. The standard InChI is InChI=1S/C15H20N2O3S2/c1-20-13(18)6-9-17-14(21)15(7-2-3-10-22(15)19)12-5-4-8-16-11-12/h4-5,8,11H,2-3,6-7,9-10H2,1H3,(H,17,21)/t15-,22+/m1/s1. The van der Waals surface area contributed by atoms with Gasteiger partial charge < -0.3 is 10.1 Å². The zero-order valence-corrected chi connectivity index (χ0v) is 14.2. The predicted molar refractivity (Wildman–Crippen MR) is 90.0 cm³/mol. The van der Waals surface area contributed by atoms with Gasteiger partial charge in [-0.3, -0.25) is 14.0 Å². The van der Waals surface area contributed by atoms with Crippen LogP contribution < -0.4 is 5.32 Å². The number of carbonyl (C=O) groups excluding carboxylic acids is 1. The number of esters is 1. The molecule has 0 bridgehead atoms. The maximum Gasteiger partial charge on any atom is 0.307 e. The van der Waals surface area contributed by atoms with Crippen molar-refractivity contribution >= 4 is 34.0 Å². The Morgan fingerprint density at radius 3 is 3.00 bits per heavy atom. The first kappa shape index (κ1) is 17.0. The Bertz CT molecular complexity index is 565. The van der Waals surface area contributed by atoms with Crippen LogP contribution in [0.4, 0.5) is 0 Å². The van der Waals surface area contributed by atoms with E-state index in [9.17, 15) is 9.00 Å². The van der Waals surface area contributed by atoms with Gasteiger partial charge in [-0.1, -0.05) is 24.7 Å². The molecule has 0 aliphatic carbocycles. The molecule has 1 saturated heterocycles. The first-order valence-corrected chi connectivity index (χ1v) is 8.98. The van der Waals surface area contributed by atoms with Crippen LogP contribution >= 0.6 is 12.2 Å². The summed E-state index contributed by atoms with van der Waals surface area (Å²) in [5.41, 5.74) is 0.878. The summed E-state index contributed by atoms with van der Waals surface area (Å²) in [6, 6.07) is 3.75. The molecule has 1 N–H and O–H groups in total. The van der Waals surface area contributed by atoms with Gasteiger partial charge in [-0.2, -0.15) is 0 Å². The number of carbonyl (C=O) groups is 1. The van der Waals surface area contributed by atoms with Crippen LogP contribution in [0.25, 0.3) is 0 Å². The van der Waals surface area contributed by atoms with Crippen molar-refractivity contribution in [3.05, 3.63) is 30.1 Å². The minimum atomic E-state index is -1.09. The van der Waals surface area contributed by atoms with Crippen LogP contribution in [-0.2, 0) is 25.1 Å². The molecule has 1 fully saturated rings. The van der Waals surface area contributed by atoms with Crippen LogP contribution in [0.1, 0.15) is 31.2 Å². The molecule has 1 aromatic heterocycles. The second-order valence-electron chi connectivity index (χ2n) is 5.16. The van der Waals surface area contributed by atoms with Crippen LogP contribution in [0, 0.1) is 0 Å². The normalized spacial score (nSPS) is 24.5. The predicted octanol–water partition coefficient (Wildman–Crippen LogP) is 1.69. The molecule has 2 rings (SSSR count). The number of methoxy groups -OCH3 is 1. The maximum absolute atomic E-state index is 12.8. The smallest absolute Gasteiger partial charge is 0.307 e. The molecule has 7 heteroatoms. The molecule has 1 aromatic rings. The van der Waals surface area contributed by atoms with E-state index in [1.165, 1.54) is 7.11 Å². The fourth-order valence-electron chi connectivity index (χ4n) is 2.64. The summed E-state index contributed by atoms with van der Waals surface area (Å²) in [6.45, 7) is 0.380. The van der Waals surface area contributed by atoms with Gasteiger partial charge in [0.2, 0.25) is 0 Å².